The highest BCUT2D eigenvalue weighted by Crippen LogP contribution is 2.60. The van der Waals surface area contributed by atoms with E-state index in [1.807, 2.05) is 0 Å². The standard InChI is InChI=1S/C29H26F5NO4S/c1-27(31,29(32,33)34)20-3-9-24-17(14-20)2-8-23-18(15-25(36)19-11-13-35-26(37)16-19)10-12-28(23,24)40(38,39)22-6-4-21(30)5-7-22/h3-7,9,11,13-14,16,18,23H,2,8,10,12,15H2,1H3,(H,35,37)/t18-,23-,27?,28-/m0/s1. The Labute approximate surface area is 227 Å². The minimum atomic E-state index is -5.17. The van der Waals surface area contributed by atoms with Gasteiger partial charge in [-0.15, -0.1) is 0 Å². The van der Waals surface area contributed by atoms with Crippen LogP contribution in [0.1, 0.15) is 59.7 Å². The van der Waals surface area contributed by atoms with Crippen molar-refractivity contribution in [2.75, 3.05) is 0 Å². The van der Waals surface area contributed by atoms with Crippen LogP contribution < -0.4 is 5.56 Å². The highest BCUT2D eigenvalue weighted by molar-refractivity contribution is 7.92. The monoisotopic (exact) mass is 579 g/mol. The maximum atomic E-state index is 14.9. The van der Waals surface area contributed by atoms with Gasteiger partial charge in [0.1, 0.15) is 10.6 Å². The molecule has 2 aliphatic rings. The zero-order chi connectivity index (χ0) is 29.1. The fourth-order valence-corrected chi connectivity index (χ4v) is 8.97. The third-order valence-electron chi connectivity index (χ3n) is 8.56. The molecule has 0 spiro atoms. The summed E-state index contributed by atoms with van der Waals surface area (Å²) >= 11 is 0. The second-order valence-corrected chi connectivity index (χ2v) is 12.9. The van der Waals surface area contributed by atoms with Crippen molar-refractivity contribution < 1.29 is 35.2 Å². The summed E-state index contributed by atoms with van der Waals surface area (Å²) in [7, 11) is -4.26. The number of sulfone groups is 1. The number of nitrogens with one attached hydrogen (secondary N) is 1. The van der Waals surface area contributed by atoms with Crippen LogP contribution in [0.3, 0.4) is 0 Å². The summed E-state index contributed by atoms with van der Waals surface area (Å²) in [5.74, 6) is -1.96. The molecular weight excluding hydrogens is 553 g/mol. The van der Waals surface area contributed by atoms with E-state index in [2.05, 4.69) is 4.98 Å². The molecule has 0 amide bonds. The summed E-state index contributed by atoms with van der Waals surface area (Å²) in [4.78, 5) is 27.1. The highest BCUT2D eigenvalue weighted by atomic mass is 32.2. The maximum absolute atomic E-state index is 14.9. The molecule has 40 heavy (non-hydrogen) atoms. The molecule has 11 heteroatoms. The number of aryl methyl sites for hydroxylation is 1. The van der Waals surface area contributed by atoms with E-state index in [-0.39, 0.29) is 47.5 Å². The fourth-order valence-electron chi connectivity index (χ4n) is 6.47. The van der Waals surface area contributed by atoms with Gasteiger partial charge in [-0.1, -0.05) is 18.2 Å². The summed E-state index contributed by atoms with van der Waals surface area (Å²) in [5.41, 5.74) is -3.94. The highest BCUT2D eigenvalue weighted by Gasteiger charge is 2.61. The van der Waals surface area contributed by atoms with Crippen LogP contribution in [-0.2, 0) is 26.7 Å². The lowest BCUT2D eigenvalue weighted by molar-refractivity contribution is -0.228. The number of carbonyl (C=O) groups is 1. The van der Waals surface area contributed by atoms with Gasteiger partial charge < -0.3 is 4.98 Å². The van der Waals surface area contributed by atoms with E-state index < -0.39 is 55.2 Å². The lowest BCUT2D eigenvalue weighted by Gasteiger charge is -2.43. The molecule has 5 nitrogen and oxygen atoms in total. The molecule has 0 radical (unpaired) electrons. The number of H-pyrrole nitrogens is 1. The molecule has 212 valence electrons. The Balaban J connectivity index is 1.62. The van der Waals surface area contributed by atoms with E-state index >= 15 is 0 Å². The van der Waals surface area contributed by atoms with Gasteiger partial charge in [0.15, 0.2) is 15.6 Å². The summed E-state index contributed by atoms with van der Waals surface area (Å²) < 4.78 is 96.0. The maximum Gasteiger partial charge on any atom is 0.426 e. The van der Waals surface area contributed by atoms with Crippen LogP contribution in [0.25, 0.3) is 0 Å². The second-order valence-electron chi connectivity index (χ2n) is 10.7. The predicted octanol–water partition coefficient (Wildman–Crippen LogP) is 6.18. The molecule has 1 aromatic heterocycles. The third-order valence-corrected chi connectivity index (χ3v) is 11.1. The van der Waals surface area contributed by atoms with Crippen molar-refractivity contribution in [2.24, 2.45) is 11.8 Å². The number of carbonyl (C=O) groups excluding carboxylic acids is 1. The van der Waals surface area contributed by atoms with Crippen LogP contribution in [0.4, 0.5) is 22.0 Å². The van der Waals surface area contributed by atoms with Gasteiger partial charge in [-0.3, -0.25) is 9.59 Å². The molecule has 0 aliphatic heterocycles. The normalized spacial score (nSPS) is 24.1. The number of Topliss-reactive ketones (excluding diaryl/α,β-unsaturated/α-hetero) is 1. The summed E-state index contributed by atoms with van der Waals surface area (Å²) in [6.45, 7) is 0.428. The number of aromatic amines is 1. The Morgan fingerprint density at radius 3 is 2.38 bits per heavy atom. The Morgan fingerprint density at radius 2 is 1.73 bits per heavy atom. The van der Waals surface area contributed by atoms with Crippen molar-refractivity contribution in [3.05, 3.63) is 99.2 Å². The molecule has 5 rings (SSSR count). The van der Waals surface area contributed by atoms with E-state index in [0.717, 1.165) is 36.4 Å². The number of hydrogen-bond acceptors (Lipinski definition) is 4. The molecule has 3 aromatic rings. The lowest BCUT2D eigenvalue weighted by atomic mass is 9.71. The largest absolute Gasteiger partial charge is 0.426 e. The molecule has 1 heterocycles. The quantitative estimate of drug-likeness (QED) is 0.215. The Bertz CT molecular complexity index is 1630. The van der Waals surface area contributed by atoms with Crippen molar-refractivity contribution in [3.63, 3.8) is 0 Å². The summed E-state index contributed by atoms with van der Waals surface area (Å²) in [6.07, 6.45) is -3.03. The van der Waals surface area contributed by atoms with Gasteiger partial charge in [0.25, 0.3) is 0 Å². The molecule has 2 aromatic carbocycles. The van der Waals surface area contributed by atoms with E-state index in [0.29, 0.717) is 18.9 Å². The third kappa shape index (κ3) is 4.38. The molecule has 1 fully saturated rings. The van der Waals surface area contributed by atoms with Gasteiger partial charge in [-0.2, -0.15) is 13.2 Å². The molecule has 0 saturated heterocycles. The number of hydrogen-bond donors (Lipinski definition) is 1. The number of pyridine rings is 1. The predicted molar refractivity (Wildman–Crippen MR) is 137 cm³/mol. The summed E-state index contributed by atoms with van der Waals surface area (Å²) in [5, 5.41) is 0. The van der Waals surface area contributed by atoms with Gasteiger partial charge >= 0.3 is 6.18 Å². The Kier molecular flexibility index (Phi) is 6.80. The second kappa shape index (κ2) is 9.64. The van der Waals surface area contributed by atoms with Crippen molar-refractivity contribution >= 4 is 15.6 Å². The van der Waals surface area contributed by atoms with E-state index in [4.69, 9.17) is 0 Å². The number of halogens is 5. The minimum Gasteiger partial charge on any atom is -0.329 e. The fraction of sp³-hybridized carbons (Fsp3) is 0.379. The Hall–Kier alpha value is -3.34. The van der Waals surface area contributed by atoms with E-state index in [1.165, 1.54) is 24.4 Å². The first-order valence-electron chi connectivity index (χ1n) is 12.8. The van der Waals surface area contributed by atoms with Crippen molar-refractivity contribution in [2.45, 2.75) is 60.5 Å². The number of rotatable bonds is 6. The zero-order valence-electron chi connectivity index (χ0n) is 21.4. The van der Waals surface area contributed by atoms with Crippen LogP contribution in [0.2, 0.25) is 0 Å². The van der Waals surface area contributed by atoms with Crippen LogP contribution in [0, 0.1) is 17.7 Å². The van der Waals surface area contributed by atoms with Gasteiger partial charge in [0, 0.05) is 24.2 Å². The van der Waals surface area contributed by atoms with Crippen LogP contribution in [-0.4, -0.2) is 25.4 Å². The number of benzene rings is 2. The summed E-state index contributed by atoms with van der Waals surface area (Å²) in [6, 6.07) is 10.3. The first-order chi connectivity index (χ1) is 18.7. The number of fused-ring (bicyclic) bond motifs is 3. The first kappa shape index (κ1) is 28.2. The SMILES string of the molecule is CC(F)(c1ccc2c(c1)CC[C@H]1[C@H](CC(=O)c3cc[nH]c(=O)c3)CC[C@@]21S(=O)(=O)c1ccc(F)cc1)C(F)(F)F. The van der Waals surface area contributed by atoms with Gasteiger partial charge in [-0.05, 0) is 91.5 Å². The van der Waals surface area contributed by atoms with E-state index in [9.17, 15) is 40.0 Å². The van der Waals surface area contributed by atoms with Crippen molar-refractivity contribution in [1.29, 1.82) is 0 Å². The van der Waals surface area contributed by atoms with Gasteiger partial charge in [-0.25, -0.2) is 17.2 Å². The number of ketones is 1. The van der Waals surface area contributed by atoms with Crippen LogP contribution in [0.15, 0.2) is 70.5 Å². The smallest absolute Gasteiger partial charge is 0.329 e. The van der Waals surface area contributed by atoms with Crippen molar-refractivity contribution in [3.8, 4) is 0 Å². The van der Waals surface area contributed by atoms with Crippen LogP contribution >= 0.6 is 0 Å². The van der Waals surface area contributed by atoms with E-state index in [1.54, 1.807) is 0 Å². The van der Waals surface area contributed by atoms with Gasteiger partial charge in [0.05, 0.1) is 4.90 Å². The van der Waals surface area contributed by atoms with Crippen molar-refractivity contribution in [1.82, 2.24) is 4.98 Å². The van der Waals surface area contributed by atoms with Crippen LogP contribution in [0.5, 0.6) is 0 Å². The lowest BCUT2D eigenvalue weighted by Crippen LogP contribution is -2.45. The molecular formula is C29H26F5NO4S. The Morgan fingerprint density at radius 1 is 1.02 bits per heavy atom. The average Bonchev–Trinajstić information content (AvgIpc) is 3.28. The molecule has 0 bridgehead atoms. The molecule has 2 aliphatic carbocycles. The topological polar surface area (TPSA) is 84.1 Å². The zero-order valence-corrected chi connectivity index (χ0v) is 22.2. The number of alkyl halides is 4. The molecule has 1 unspecified atom stereocenters. The minimum absolute atomic E-state index is 0.0289. The molecule has 1 saturated carbocycles. The average molecular weight is 580 g/mol. The molecule has 1 N–H and O–H groups in total. The first-order valence-corrected chi connectivity index (χ1v) is 14.3. The number of aromatic nitrogens is 1. The van der Waals surface area contributed by atoms with Gasteiger partial charge in [0.2, 0.25) is 11.2 Å². The molecule has 4 atom stereocenters.